The van der Waals surface area contributed by atoms with Crippen molar-refractivity contribution in [1.29, 1.82) is 0 Å². The number of fused-ring (bicyclic) bond motifs is 6. The van der Waals surface area contributed by atoms with Crippen molar-refractivity contribution in [1.82, 2.24) is 24.9 Å². The van der Waals surface area contributed by atoms with Gasteiger partial charge < -0.3 is 24.6 Å². The van der Waals surface area contributed by atoms with Crippen molar-refractivity contribution in [2.75, 3.05) is 45.9 Å². The van der Waals surface area contributed by atoms with Gasteiger partial charge >= 0.3 is 0 Å². The van der Waals surface area contributed by atoms with Gasteiger partial charge in [0, 0.05) is 63.1 Å². The van der Waals surface area contributed by atoms with Gasteiger partial charge in [0.25, 0.3) is 11.8 Å². The Balaban J connectivity index is 1.13. The van der Waals surface area contributed by atoms with Gasteiger partial charge in [-0.25, -0.2) is 0 Å². The Morgan fingerprint density at radius 1 is 0.886 bits per heavy atom. The number of nitrogens with one attached hydrogen (secondary N) is 1. The number of carbonyl (C=O) groups is 3. The first kappa shape index (κ1) is 27.9. The fraction of sp³-hybridized carbons (Fsp3) is 0.353. The van der Waals surface area contributed by atoms with Crippen LogP contribution in [0.4, 0.5) is 0 Å². The molecule has 3 aliphatic rings. The number of para-hydroxylation sites is 1. The fourth-order valence-corrected chi connectivity index (χ4v) is 6.64. The summed E-state index contributed by atoms with van der Waals surface area (Å²) in [4.78, 5) is 44.6. The molecule has 3 aliphatic heterocycles. The molecule has 1 fully saturated rings. The monoisotopic (exact) mass is 593 g/mol. The van der Waals surface area contributed by atoms with Crippen molar-refractivity contribution in [3.05, 3.63) is 89.1 Å². The smallest absolute Gasteiger partial charge is 0.275 e. The third-order valence-corrected chi connectivity index (χ3v) is 8.94. The molecule has 0 radical (unpaired) electrons. The van der Waals surface area contributed by atoms with Crippen LogP contribution in [-0.4, -0.2) is 83.2 Å². The summed E-state index contributed by atoms with van der Waals surface area (Å²) < 4.78 is 13.4. The molecule has 1 N–H and O–H groups in total. The van der Waals surface area contributed by atoms with E-state index in [4.69, 9.17) is 9.47 Å². The molecule has 1 saturated heterocycles. The van der Waals surface area contributed by atoms with Gasteiger partial charge in [-0.1, -0.05) is 30.3 Å². The Kier molecular flexibility index (Phi) is 7.41. The van der Waals surface area contributed by atoms with Crippen LogP contribution in [-0.2, 0) is 18.3 Å². The molecule has 3 aromatic carbocycles. The molecule has 226 valence electrons. The minimum absolute atomic E-state index is 0.0929. The normalized spacial score (nSPS) is 20.2. The molecule has 44 heavy (non-hydrogen) atoms. The molecular weight excluding hydrogens is 558 g/mol. The van der Waals surface area contributed by atoms with E-state index in [1.54, 1.807) is 20.5 Å². The molecule has 0 aliphatic carbocycles. The quantitative estimate of drug-likeness (QED) is 0.382. The van der Waals surface area contributed by atoms with Crippen molar-refractivity contribution in [2.24, 2.45) is 13.0 Å². The molecule has 2 bridgehead atoms. The minimum atomic E-state index is -0.446. The number of carbonyl (C=O) groups excluding carboxylic acids is 3. The molecule has 2 atom stereocenters. The first-order valence-electron chi connectivity index (χ1n) is 15.2. The number of likely N-dealkylation sites (tertiary alicyclic amines) is 1. The van der Waals surface area contributed by atoms with Gasteiger partial charge in [0.05, 0.1) is 24.6 Å². The second kappa shape index (κ2) is 11.7. The first-order valence-corrected chi connectivity index (χ1v) is 15.2. The van der Waals surface area contributed by atoms with Crippen molar-refractivity contribution in [3.63, 3.8) is 0 Å². The summed E-state index contributed by atoms with van der Waals surface area (Å²) in [5.41, 5.74) is 3.89. The largest absolute Gasteiger partial charge is 0.494 e. The summed E-state index contributed by atoms with van der Waals surface area (Å²) >= 11 is 0. The van der Waals surface area contributed by atoms with Gasteiger partial charge in [0.1, 0.15) is 11.5 Å². The highest BCUT2D eigenvalue weighted by molar-refractivity contribution is 6.04. The first-order chi connectivity index (χ1) is 21.5. The zero-order chi connectivity index (χ0) is 30.2. The standard InChI is InChI=1S/C34H35N5O5/c1-37-29-9-3-2-8-26(29)31(36-37)34(42)38-14-5-16-43-25-7-4-6-22(19-25)27-20-39(21-28(27)32(40)35-13-15-38)33(41)24-10-11-30-23(18-24)12-17-44-30/h2-4,6-11,18-19,27-28H,5,12-17,20-21H2,1H3,(H,35,40)/t27-,28+/m1/s1. The summed E-state index contributed by atoms with van der Waals surface area (Å²) in [6.45, 7) is 2.86. The number of nitrogens with zero attached hydrogens (tertiary/aromatic N) is 4. The number of hydrogen-bond donors (Lipinski definition) is 1. The maximum atomic E-state index is 13.7. The molecule has 10 nitrogen and oxygen atoms in total. The van der Waals surface area contributed by atoms with Crippen LogP contribution < -0.4 is 14.8 Å². The Morgan fingerprint density at radius 3 is 2.66 bits per heavy atom. The Labute approximate surface area is 255 Å². The molecule has 1 aromatic heterocycles. The van der Waals surface area contributed by atoms with Crippen LogP contribution in [0.3, 0.4) is 0 Å². The molecule has 4 heterocycles. The van der Waals surface area contributed by atoms with Gasteiger partial charge in [-0.2, -0.15) is 5.10 Å². The lowest BCUT2D eigenvalue weighted by Crippen LogP contribution is -2.42. The van der Waals surface area contributed by atoms with Crippen LogP contribution in [0.2, 0.25) is 0 Å². The Hall–Kier alpha value is -4.86. The Bertz CT molecular complexity index is 1750. The van der Waals surface area contributed by atoms with E-state index in [9.17, 15) is 14.4 Å². The maximum Gasteiger partial charge on any atom is 0.275 e. The van der Waals surface area contributed by atoms with E-state index in [2.05, 4.69) is 10.4 Å². The number of hydrogen-bond acceptors (Lipinski definition) is 6. The molecule has 4 aromatic rings. The number of aromatic nitrogens is 2. The van der Waals surface area contributed by atoms with E-state index in [1.165, 1.54) is 0 Å². The lowest BCUT2D eigenvalue weighted by Gasteiger charge is -2.24. The van der Waals surface area contributed by atoms with Crippen molar-refractivity contribution in [3.8, 4) is 11.5 Å². The van der Waals surface area contributed by atoms with Gasteiger partial charge in [0.2, 0.25) is 5.91 Å². The second-order valence-electron chi connectivity index (χ2n) is 11.7. The SMILES string of the molecule is Cn1nc(C(=O)N2CCCOc3cccc(c3)[C@H]3CN(C(=O)c4ccc5c(c4)CCO5)C[C@@H]3C(=O)NCC2)c2ccccc21. The average molecular weight is 594 g/mol. The van der Waals surface area contributed by atoms with Crippen molar-refractivity contribution in [2.45, 2.75) is 18.8 Å². The van der Waals surface area contributed by atoms with E-state index in [0.717, 1.165) is 34.2 Å². The van der Waals surface area contributed by atoms with E-state index < -0.39 is 5.92 Å². The number of amides is 3. The van der Waals surface area contributed by atoms with Gasteiger partial charge in [-0.15, -0.1) is 0 Å². The number of ether oxygens (including phenoxy) is 2. The van der Waals surface area contributed by atoms with Crippen LogP contribution in [0, 0.1) is 5.92 Å². The zero-order valence-corrected chi connectivity index (χ0v) is 24.7. The van der Waals surface area contributed by atoms with Crippen LogP contribution in [0.25, 0.3) is 10.9 Å². The summed E-state index contributed by atoms with van der Waals surface area (Å²) in [7, 11) is 1.83. The van der Waals surface area contributed by atoms with Crippen LogP contribution >= 0.6 is 0 Å². The molecule has 0 unspecified atom stereocenters. The minimum Gasteiger partial charge on any atom is -0.494 e. The summed E-state index contributed by atoms with van der Waals surface area (Å²) in [6.07, 6.45) is 1.40. The fourth-order valence-electron chi connectivity index (χ4n) is 6.64. The maximum absolute atomic E-state index is 13.7. The molecule has 3 amide bonds. The summed E-state index contributed by atoms with van der Waals surface area (Å²) in [6, 6.07) is 21.0. The van der Waals surface area contributed by atoms with Crippen LogP contribution in [0.15, 0.2) is 66.7 Å². The molecule has 0 spiro atoms. The predicted molar refractivity (Wildman–Crippen MR) is 164 cm³/mol. The summed E-state index contributed by atoms with van der Waals surface area (Å²) in [5, 5.41) is 8.41. The van der Waals surface area contributed by atoms with E-state index in [1.807, 2.05) is 67.7 Å². The number of benzene rings is 3. The summed E-state index contributed by atoms with van der Waals surface area (Å²) in [5.74, 6) is 0.489. The highest BCUT2D eigenvalue weighted by Crippen LogP contribution is 2.36. The lowest BCUT2D eigenvalue weighted by atomic mass is 9.88. The topological polar surface area (TPSA) is 106 Å². The van der Waals surface area contributed by atoms with Crippen LogP contribution in [0.5, 0.6) is 11.5 Å². The highest BCUT2D eigenvalue weighted by Gasteiger charge is 2.41. The molecular formula is C34H35N5O5. The van der Waals surface area contributed by atoms with Crippen molar-refractivity contribution < 1.29 is 23.9 Å². The Morgan fingerprint density at radius 2 is 1.75 bits per heavy atom. The van der Waals surface area contributed by atoms with Gasteiger partial charge in [-0.3, -0.25) is 19.1 Å². The molecule has 7 rings (SSSR count). The lowest BCUT2D eigenvalue weighted by molar-refractivity contribution is -0.125. The van der Waals surface area contributed by atoms with Gasteiger partial charge in [-0.05, 0) is 53.9 Å². The van der Waals surface area contributed by atoms with E-state index in [-0.39, 0.29) is 30.2 Å². The highest BCUT2D eigenvalue weighted by atomic mass is 16.5. The number of rotatable bonds is 2. The average Bonchev–Trinajstić information content (AvgIpc) is 3.78. The number of aryl methyl sites for hydroxylation is 1. The van der Waals surface area contributed by atoms with E-state index in [0.29, 0.717) is 62.8 Å². The zero-order valence-electron chi connectivity index (χ0n) is 24.7. The van der Waals surface area contributed by atoms with Crippen molar-refractivity contribution >= 4 is 28.6 Å². The predicted octanol–water partition coefficient (Wildman–Crippen LogP) is 3.41. The van der Waals surface area contributed by atoms with Crippen LogP contribution in [0.1, 0.15) is 44.3 Å². The second-order valence-corrected chi connectivity index (χ2v) is 11.7. The molecule has 0 saturated carbocycles. The van der Waals surface area contributed by atoms with Gasteiger partial charge in [0.15, 0.2) is 5.69 Å². The molecule has 10 heteroatoms. The van der Waals surface area contributed by atoms with E-state index >= 15 is 0 Å². The third-order valence-electron chi connectivity index (χ3n) is 8.94. The third kappa shape index (κ3) is 5.25.